The van der Waals surface area contributed by atoms with Gasteiger partial charge in [0, 0.05) is 16.1 Å². The quantitative estimate of drug-likeness (QED) is 0.698. The van der Waals surface area contributed by atoms with Gasteiger partial charge >= 0.3 is 0 Å². The molecule has 0 aliphatic carbocycles. The van der Waals surface area contributed by atoms with E-state index in [4.69, 9.17) is 11.6 Å². The van der Waals surface area contributed by atoms with Gasteiger partial charge in [-0.05, 0) is 47.4 Å². The number of nitrogens with zero attached hydrogens (tertiary/aromatic N) is 2. The normalized spacial score (nSPS) is 11.1. The van der Waals surface area contributed by atoms with E-state index >= 15 is 0 Å². The Kier molecular flexibility index (Phi) is 4.51. The second-order valence-electron chi connectivity index (χ2n) is 4.73. The highest BCUT2D eigenvalue weighted by atomic mass is 35.5. The van der Waals surface area contributed by atoms with Gasteiger partial charge in [0.1, 0.15) is 0 Å². The molecule has 0 aliphatic rings. The predicted molar refractivity (Wildman–Crippen MR) is 91.3 cm³/mol. The molecule has 2 heterocycles. The Bertz CT molecular complexity index is 788. The largest absolute Gasteiger partial charge is 0.272 e. The van der Waals surface area contributed by atoms with Crippen LogP contribution in [0.3, 0.4) is 0 Å². The van der Waals surface area contributed by atoms with Crippen molar-refractivity contribution in [2.75, 3.05) is 0 Å². The molecule has 0 aliphatic heterocycles. The summed E-state index contributed by atoms with van der Waals surface area (Å²) in [6, 6.07) is 13.1. The van der Waals surface area contributed by atoms with Crippen LogP contribution in [0.4, 0.5) is 0 Å². The van der Waals surface area contributed by atoms with Crippen LogP contribution in [0.2, 0.25) is 5.02 Å². The van der Waals surface area contributed by atoms with Crippen LogP contribution < -0.4 is 0 Å². The van der Waals surface area contributed by atoms with Crippen LogP contribution in [-0.4, -0.2) is 15.7 Å². The molecule has 0 bridgehead atoms. The highest BCUT2D eigenvalue weighted by Gasteiger charge is 2.07. The van der Waals surface area contributed by atoms with Gasteiger partial charge in [0.25, 0.3) is 5.91 Å². The number of carbonyl (C=O) groups is 1. The Balaban J connectivity index is 1.67. The Morgan fingerprint density at radius 2 is 2.00 bits per heavy atom. The third-order valence-corrected chi connectivity index (χ3v) is 4.18. The Hall–Kier alpha value is -2.17. The lowest BCUT2D eigenvalue weighted by Crippen LogP contribution is -2.14. The van der Waals surface area contributed by atoms with Gasteiger partial charge in [-0.15, -0.1) is 11.3 Å². The summed E-state index contributed by atoms with van der Waals surface area (Å²) < 4.78 is 1.38. The average molecular weight is 329 g/mol. The first-order chi connectivity index (χ1) is 10.7. The molecular formula is C17H13ClN2OS. The SMILES string of the molecule is O=C(Cc1ccc(Cl)cc1)n1ccc(C=Cc2cccs2)n1. The number of rotatable bonds is 4. The summed E-state index contributed by atoms with van der Waals surface area (Å²) in [4.78, 5) is 13.3. The third kappa shape index (κ3) is 3.72. The molecule has 0 fully saturated rings. The molecule has 110 valence electrons. The van der Waals surface area contributed by atoms with Crippen LogP contribution in [0.5, 0.6) is 0 Å². The van der Waals surface area contributed by atoms with Crippen molar-refractivity contribution < 1.29 is 4.79 Å². The number of thiophene rings is 1. The number of carbonyl (C=O) groups excluding carboxylic acids is 1. The molecule has 0 N–H and O–H groups in total. The highest BCUT2D eigenvalue weighted by Crippen LogP contribution is 2.13. The van der Waals surface area contributed by atoms with Crippen molar-refractivity contribution >= 4 is 41.0 Å². The molecule has 0 saturated heterocycles. The summed E-state index contributed by atoms with van der Waals surface area (Å²) in [7, 11) is 0. The Morgan fingerprint density at radius 3 is 2.73 bits per heavy atom. The molecule has 0 saturated carbocycles. The summed E-state index contributed by atoms with van der Waals surface area (Å²) in [6.45, 7) is 0. The van der Waals surface area contributed by atoms with E-state index in [1.54, 1.807) is 29.7 Å². The minimum absolute atomic E-state index is 0.0712. The standard InChI is InChI=1S/C17H13ClN2OS/c18-14-5-3-13(4-6-14)12-17(21)20-10-9-15(19-20)7-8-16-2-1-11-22-16/h1-11H,12H2. The maximum absolute atomic E-state index is 12.2. The fourth-order valence-electron chi connectivity index (χ4n) is 1.98. The molecule has 22 heavy (non-hydrogen) atoms. The molecule has 0 spiro atoms. The van der Waals surface area contributed by atoms with Gasteiger partial charge in [-0.2, -0.15) is 5.10 Å². The van der Waals surface area contributed by atoms with E-state index in [1.165, 1.54) is 4.68 Å². The molecule has 2 aromatic heterocycles. The van der Waals surface area contributed by atoms with Crippen molar-refractivity contribution in [2.24, 2.45) is 0 Å². The lowest BCUT2D eigenvalue weighted by molar-refractivity contribution is 0.0898. The number of hydrogen-bond acceptors (Lipinski definition) is 3. The van der Waals surface area contributed by atoms with E-state index in [0.29, 0.717) is 11.4 Å². The van der Waals surface area contributed by atoms with Crippen LogP contribution in [0.15, 0.2) is 54.0 Å². The molecule has 0 radical (unpaired) electrons. The van der Waals surface area contributed by atoms with Crippen LogP contribution in [-0.2, 0) is 6.42 Å². The maximum atomic E-state index is 12.2. The summed E-state index contributed by atoms with van der Waals surface area (Å²) in [5.74, 6) is -0.0712. The van der Waals surface area contributed by atoms with Crippen molar-refractivity contribution in [3.8, 4) is 0 Å². The van der Waals surface area contributed by atoms with Crippen molar-refractivity contribution in [1.29, 1.82) is 0 Å². The Morgan fingerprint density at radius 1 is 1.18 bits per heavy atom. The van der Waals surface area contributed by atoms with Crippen molar-refractivity contribution in [1.82, 2.24) is 9.78 Å². The van der Waals surface area contributed by atoms with Gasteiger partial charge in [0.15, 0.2) is 0 Å². The fraction of sp³-hybridized carbons (Fsp3) is 0.0588. The first-order valence-electron chi connectivity index (χ1n) is 6.75. The van der Waals surface area contributed by atoms with E-state index in [1.807, 2.05) is 47.9 Å². The van der Waals surface area contributed by atoms with Gasteiger partial charge in [0.2, 0.25) is 0 Å². The molecule has 1 aromatic carbocycles. The number of aromatic nitrogens is 2. The number of benzene rings is 1. The minimum Gasteiger partial charge on any atom is -0.272 e. The van der Waals surface area contributed by atoms with E-state index in [-0.39, 0.29) is 5.91 Å². The van der Waals surface area contributed by atoms with Gasteiger partial charge in [-0.25, -0.2) is 4.68 Å². The molecule has 3 aromatic rings. The summed E-state index contributed by atoms with van der Waals surface area (Å²) in [5, 5.41) is 6.97. The third-order valence-electron chi connectivity index (χ3n) is 3.10. The van der Waals surface area contributed by atoms with Gasteiger partial charge in [-0.3, -0.25) is 4.79 Å². The monoisotopic (exact) mass is 328 g/mol. The van der Waals surface area contributed by atoms with E-state index in [2.05, 4.69) is 5.10 Å². The average Bonchev–Trinajstić information content (AvgIpc) is 3.18. The lowest BCUT2D eigenvalue weighted by Gasteiger charge is -2.01. The van der Waals surface area contributed by atoms with E-state index in [9.17, 15) is 4.79 Å². The molecular weight excluding hydrogens is 316 g/mol. The molecule has 0 atom stereocenters. The van der Waals surface area contributed by atoms with Crippen molar-refractivity contribution in [3.05, 3.63) is 75.2 Å². The van der Waals surface area contributed by atoms with Gasteiger partial charge < -0.3 is 0 Å². The van der Waals surface area contributed by atoms with E-state index in [0.717, 1.165) is 16.1 Å². The smallest absolute Gasteiger partial charge is 0.251 e. The zero-order valence-corrected chi connectivity index (χ0v) is 13.2. The van der Waals surface area contributed by atoms with E-state index < -0.39 is 0 Å². The van der Waals surface area contributed by atoms with Crippen molar-refractivity contribution in [2.45, 2.75) is 6.42 Å². The van der Waals surface area contributed by atoms with Crippen molar-refractivity contribution in [3.63, 3.8) is 0 Å². The number of halogens is 1. The lowest BCUT2D eigenvalue weighted by atomic mass is 10.1. The predicted octanol–water partition coefficient (Wildman–Crippen LogP) is 4.65. The second kappa shape index (κ2) is 6.73. The second-order valence-corrected chi connectivity index (χ2v) is 6.15. The summed E-state index contributed by atoms with van der Waals surface area (Å²) >= 11 is 7.50. The number of hydrogen-bond donors (Lipinski definition) is 0. The maximum Gasteiger partial charge on any atom is 0.251 e. The topological polar surface area (TPSA) is 34.9 Å². The van der Waals surface area contributed by atoms with Crippen LogP contribution in [0.25, 0.3) is 12.2 Å². The zero-order chi connectivity index (χ0) is 15.4. The highest BCUT2D eigenvalue weighted by molar-refractivity contribution is 7.10. The van der Waals surface area contributed by atoms with Crippen LogP contribution in [0.1, 0.15) is 20.9 Å². The fourth-order valence-corrected chi connectivity index (χ4v) is 2.72. The Labute approximate surface area is 137 Å². The summed E-state index contributed by atoms with van der Waals surface area (Å²) in [5.41, 5.74) is 1.68. The first kappa shape index (κ1) is 14.8. The first-order valence-corrected chi connectivity index (χ1v) is 8.01. The van der Waals surface area contributed by atoms with Crippen LogP contribution >= 0.6 is 22.9 Å². The molecule has 3 rings (SSSR count). The molecule has 0 amide bonds. The van der Waals surface area contributed by atoms with Gasteiger partial charge in [0.05, 0.1) is 12.1 Å². The van der Waals surface area contributed by atoms with Crippen LogP contribution in [0, 0.1) is 0 Å². The summed E-state index contributed by atoms with van der Waals surface area (Å²) in [6.07, 6.45) is 5.87. The van der Waals surface area contributed by atoms with Gasteiger partial charge in [-0.1, -0.05) is 29.8 Å². The molecule has 0 unspecified atom stereocenters. The minimum atomic E-state index is -0.0712. The zero-order valence-electron chi connectivity index (χ0n) is 11.6. The molecule has 5 heteroatoms. The molecule has 3 nitrogen and oxygen atoms in total.